The van der Waals surface area contributed by atoms with Crippen LogP contribution in [0.15, 0.2) is 42.5 Å². The van der Waals surface area contributed by atoms with Crippen LogP contribution in [0.25, 0.3) is 0 Å². The number of nitrogens with one attached hydrogen (secondary N) is 2. The summed E-state index contributed by atoms with van der Waals surface area (Å²) >= 11 is 11.4. The van der Waals surface area contributed by atoms with Crippen molar-refractivity contribution in [2.24, 2.45) is 0 Å². The molecule has 1 fully saturated rings. The topological polar surface area (TPSA) is 53.6 Å². The molecule has 0 radical (unpaired) electrons. The number of aryl methyl sites for hydroxylation is 1. The van der Waals surface area contributed by atoms with E-state index in [1.165, 1.54) is 5.56 Å². The average Bonchev–Trinajstić information content (AvgIpc) is 2.64. The molecule has 3 rings (SSSR count). The average molecular weight is 404 g/mol. The van der Waals surface area contributed by atoms with Crippen LogP contribution in [0.4, 0.5) is 5.69 Å². The van der Waals surface area contributed by atoms with E-state index in [0.717, 1.165) is 44.1 Å². The Kier molecular flexibility index (Phi) is 6.79. The molecule has 5 nitrogen and oxygen atoms in total. The predicted octanol–water partition coefficient (Wildman–Crippen LogP) is 3.61. The standard InChI is InChI=1S/C20H22ClN3O2S/c1-14-2-7-17(18(21)12-14)19(25)23-20(27)22-16-5-3-15(4-6-16)13-24-8-10-26-11-9-24/h2-7,12H,8-11,13H2,1H3,(H2,22,23,25,27). The number of nitrogens with zero attached hydrogens (tertiary/aromatic N) is 1. The third kappa shape index (κ3) is 5.74. The lowest BCUT2D eigenvalue weighted by atomic mass is 10.1. The Hall–Kier alpha value is -1.99. The zero-order valence-electron chi connectivity index (χ0n) is 15.1. The molecule has 27 heavy (non-hydrogen) atoms. The molecule has 0 saturated carbocycles. The third-order valence-corrected chi connectivity index (χ3v) is 4.83. The highest BCUT2D eigenvalue weighted by Gasteiger charge is 2.13. The van der Waals surface area contributed by atoms with Gasteiger partial charge in [0.2, 0.25) is 0 Å². The smallest absolute Gasteiger partial charge is 0.258 e. The lowest BCUT2D eigenvalue weighted by Gasteiger charge is -2.26. The van der Waals surface area contributed by atoms with Gasteiger partial charge in [-0.25, -0.2) is 0 Å². The maximum atomic E-state index is 12.3. The van der Waals surface area contributed by atoms with E-state index in [9.17, 15) is 4.79 Å². The maximum Gasteiger partial charge on any atom is 0.258 e. The molecular weight excluding hydrogens is 382 g/mol. The molecule has 1 saturated heterocycles. The molecule has 1 aliphatic heterocycles. The fourth-order valence-corrected chi connectivity index (χ4v) is 3.38. The van der Waals surface area contributed by atoms with Gasteiger partial charge in [0.25, 0.3) is 5.91 Å². The van der Waals surface area contributed by atoms with Gasteiger partial charge in [0, 0.05) is 25.3 Å². The monoisotopic (exact) mass is 403 g/mol. The van der Waals surface area contributed by atoms with E-state index in [1.807, 2.05) is 25.1 Å². The lowest BCUT2D eigenvalue weighted by Crippen LogP contribution is -2.35. The van der Waals surface area contributed by atoms with Crippen molar-refractivity contribution in [3.8, 4) is 0 Å². The van der Waals surface area contributed by atoms with Gasteiger partial charge in [0.05, 0.1) is 23.8 Å². The number of ether oxygens (including phenoxy) is 1. The van der Waals surface area contributed by atoms with Crippen LogP contribution in [0.1, 0.15) is 21.5 Å². The summed E-state index contributed by atoms with van der Waals surface area (Å²) in [5, 5.41) is 6.33. The molecule has 0 bridgehead atoms. The number of carbonyl (C=O) groups excluding carboxylic acids is 1. The molecule has 0 aliphatic carbocycles. The van der Waals surface area contributed by atoms with Crippen LogP contribution in [0.5, 0.6) is 0 Å². The number of thiocarbonyl (C=S) groups is 1. The molecule has 0 spiro atoms. The highest BCUT2D eigenvalue weighted by atomic mass is 35.5. The fraction of sp³-hybridized carbons (Fsp3) is 0.300. The number of amides is 1. The number of morpholine rings is 1. The number of hydrogen-bond acceptors (Lipinski definition) is 4. The molecule has 0 atom stereocenters. The number of hydrogen-bond donors (Lipinski definition) is 2. The maximum absolute atomic E-state index is 12.3. The van der Waals surface area contributed by atoms with E-state index in [2.05, 4.69) is 27.7 Å². The van der Waals surface area contributed by atoms with Crippen LogP contribution in [-0.2, 0) is 11.3 Å². The Morgan fingerprint density at radius 3 is 2.56 bits per heavy atom. The Morgan fingerprint density at radius 1 is 1.19 bits per heavy atom. The van der Waals surface area contributed by atoms with Crippen molar-refractivity contribution >= 4 is 40.5 Å². The first-order valence-corrected chi connectivity index (χ1v) is 9.57. The molecule has 0 unspecified atom stereocenters. The van der Waals surface area contributed by atoms with Gasteiger partial charge in [-0.2, -0.15) is 0 Å². The minimum atomic E-state index is -0.332. The number of anilines is 1. The van der Waals surface area contributed by atoms with Crippen molar-refractivity contribution in [3.63, 3.8) is 0 Å². The largest absolute Gasteiger partial charge is 0.379 e. The number of carbonyl (C=O) groups is 1. The molecule has 0 aromatic heterocycles. The van der Waals surface area contributed by atoms with Gasteiger partial charge in [-0.15, -0.1) is 0 Å². The van der Waals surface area contributed by atoms with Gasteiger partial charge in [-0.3, -0.25) is 15.0 Å². The van der Waals surface area contributed by atoms with E-state index in [1.54, 1.807) is 12.1 Å². The van der Waals surface area contributed by atoms with Crippen LogP contribution in [0.2, 0.25) is 5.02 Å². The van der Waals surface area contributed by atoms with E-state index >= 15 is 0 Å². The van der Waals surface area contributed by atoms with Gasteiger partial charge in [0.15, 0.2) is 5.11 Å². The summed E-state index contributed by atoms with van der Waals surface area (Å²) in [5.74, 6) is -0.332. The summed E-state index contributed by atoms with van der Waals surface area (Å²) in [4.78, 5) is 14.7. The molecule has 2 N–H and O–H groups in total. The SMILES string of the molecule is Cc1ccc(C(=O)NC(=S)Nc2ccc(CN3CCOCC3)cc2)c(Cl)c1. The van der Waals surface area contributed by atoms with Crippen molar-refractivity contribution in [2.45, 2.75) is 13.5 Å². The van der Waals surface area contributed by atoms with Crippen molar-refractivity contribution in [3.05, 3.63) is 64.2 Å². The number of rotatable bonds is 4. The molecule has 1 heterocycles. The van der Waals surface area contributed by atoms with Crippen LogP contribution in [-0.4, -0.2) is 42.2 Å². The van der Waals surface area contributed by atoms with Gasteiger partial charge in [-0.1, -0.05) is 29.8 Å². The molecule has 2 aromatic carbocycles. The van der Waals surface area contributed by atoms with Crippen molar-refractivity contribution in [1.82, 2.24) is 10.2 Å². The van der Waals surface area contributed by atoms with Gasteiger partial charge < -0.3 is 10.1 Å². The van der Waals surface area contributed by atoms with Crippen LogP contribution in [0.3, 0.4) is 0 Å². The van der Waals surface area contributed by atoms with Crippen LogP contribution < -0.4 is 10.6 Å². The third-order valence-electron chi connectivity index (χ3n) is 4.32. The Morgan fingerprint density at radius 2 is 1.89 bits per heavy atom. The first kappa shape index (κ1) is 19.8. The predicted molar refractivity (Wildman–Crippen MR) is 112 cm³/mol. The zero-order valence-corrected chi connectivity index (χ0v) is 16.7. The first-order chi connectivity index (χ1) is 13.0. The Labute approximate surface area is 169 Å². The number of halogens is 1. The van der Waals surface area contributed by atoms with Crippen molar-refractivity contribution < 1.29 is 9.53 Å². The highest BCUT2D eigenvalue weighted by molar-refractivity contribution is 7.80. The summed E-state index contributed by atoms with van der Waals surface area (Å²) in [5.41, 5.74) is 3.44. The molecule has 1 amide bonds. The summed E-state index contributed by atoms with van der Waals surface area (Å²) in [7, 11) is 0. The minimum Gasteiger partial charge on any atom is -0.379 e. The Balaban J connectivity index is 1.53. The molecule has 2 aromatic rings. The van der Waals surface area contributed by atoms with E-state index in [0.29, 0.717) is 10.6 Å². The van der Waals surface area contributed by atoms with Gasteiger partial charge in [0.1, 0.15) is 0 Å². The number of benzene rings is 2. The second kappa shape index (κ2) is 9.28. The molecular formula is C20H22ClN3O2S. The van der Waals surface area contributed by atoms with E-state index < -0.39 is 0 Å². The molecule has 142 valence electrons. The summed E-state index contributed by atoms with van der Waals surface area (Å²) in [6.07, 6.45) is 0. The van der Waals surface area contributed by atoms with Crippen LogP contribution >= 0.6 is 23.8 Å². The minimum absolute atomic E-state index is 0.234. The highest BCUT2D eigenvalue weighted by Crippen LogP contribution is 2.17. The summed E-state index contributed by atoms with van der Waals surface area (Å²) in [6.45, 7) is 6.31. The quantitative estimate of drug-likeness (QED) is 0.764. The fourth-order valence-electron chi connectivity index (χ4n) is 2.85. The molecule has 1 aliphatic rings. The second-order valence-corrected chi connectivity index (χ2v) is 7.29. The molecule has 7 heteroatoms. The lowest BCUT2D eigenvalue weighted by molar-refractivity contribution is 0.0342. The van der Waals surface area contributed by atoms with Gasteiger partial charge >= 0.3 is 0 Å². The summed E-state index contributed by atoms with van der Waals surface area (Å²) < 4.78 is 5.37. The second-order valence-electron chi connectivity index (χ2n) is 6.48. The Bertz CT molecular complexity index is 820. The van der Waals surface area contributed by atoms with Crippen molar-refractivity contribution in [2.75, 3.05) is 31.6 Å². The van der Waals surface area contributed by atoms with Gasteiger partial charge in [-0.05, 0) is 54.5 Å². The van der Waals surface area contributed by atoms with E-state index in [4.69, 9.17) is 28.6 Å². The first-order valence-electron chi connectivity index (χ1n) is 8.79. The normalized spacial score (nSPS) is 14.6. The zero-order chi connectivity index (χ0) is 19.2. The van der Waals surface area contributed by atoms with Crippen LogP contribution in [0, 0.1) is 6.92 Å². The summed E-state index contributed by atoms with van der Waals surface area (Å²) in [6, 6.07) is 13.3. The van der Waals surface area contributed by atoms with E-state index in [-0.39, 0.29) is 11.0 Å². The van der Waals surface area contributed by atoms with Crippen molar-refractivity contribution in [1.29, 1.82) is 0 Å².